The smallest absolute Gasteiger partial charge is 0.346 e. The van der Waals surface area contributed by atoms with Crippen molar-refractivity contribution >= 4 is 50.6 Å². The first-order valence-corrected chi connectivity index (χ1v) is 10.3. The van der Waals surface area contributed by atoms with Crippen LogP contribution < -0.4 is 15.0 Å². The van der Waals surface area contributed by atoms with Crippen LogP contribution in [0.25, 0.3) is 10.9 Å². The number of ether oxygens (including phenoxy) is 3. The van der Waals surface area contributed by atoms with Gasteiger partial charge in [0.05, 0.1) is 36.4 Å². The van der Waals surface area contributed by atoms with E-state index in [1.54, 1.807) is 31.2 Å². The molecule has 0 aliphatic heterocycles. The Morgan fingerprint density at radius 3 is 2.71 bits per heavy atom. The average Bonchev–Trinajstić information content (AvgIpc) is 2.74. The number of carbonyl (C=O) groups is 1. The summed E-state index contributed by atoms with van der Waals surface area (Å²) in [4.78, 5) is 28.9. The number of halogens is 2. The highest BCUT2D eigenvalue weighted by Gasteiger charge is 2.20. The van der Waals surface area contributed by atoms with E-state index in [1.165, 1.54) is 32.0 Å². The Bertz CT molecular complexity index is 1240. The lowest BCUT2D eigenvalue weighted by Crippen LogP contribution is -2.25. The molecule has 0 unspecified atom stereocenters. The lowest BCUT2D eigenvalue weighted by molar-refractivity contribution is -0.147. The third-order valence-electron chi connectivity index (χ3n) is 4.37. The van der Waals surface area contributed by atoms with Crippen LogP contribution in [0.3, 0.4) is 0 Å². The van der Waals surface area contributed by atoms with E-state index in [1.807, 2.05) is 6.07 Å². The molecule has 0 saturated carbocycles. The van der Waals surface area contributed by atoms with Crippen molar-refractivity contribution in [1.82, 2.24) is 9.66 Å². The standard InChI is InChI=1S/C21H19BrClN3O5/c1-11(21(28)30-4)31-19-16(23)7-13(8-18(19)29-3)10-24-26-12(2)25-17-6-5-14(22)9-15(17)20(26)27/h5-11H,1-4H3/t11-/m1/s1. The van der Waals surface area contributed by atoms with E-state index in [4.69, 9.17) is 21.1 Å². The number of benzene rings is 2. The number of aryl methyl sites for hydroxylation is 1. The van der Waals surface area contributed by atoms with Gasteiger partial charge in [-0.15, -0.1) is 0 Å². The number of esters is 1. The zero-order chi connectivity index (χ0) is 22.7. The van der Waals surface area contributed by atoms with Gasteiger partial charge in [-0.2, -0.15) is 9.78 Å². The molecule has 3 aromatic rings. The monoisotopic (exact) mass is 507 g/mol. The van der Waals surface area contributed by atoms with Crippen LogP contribution in [-0.4, -0.2) is 42.2 Å². The molecule has 31 heavy (non-hydrogen) atoms. The van der Waals surface area contributed by atoms with Gasteiger partial charge in [-0.1, -0.05) is 27.5 Å². The van der Waals surface area contributed by atoms with E-state index in [2.05, 4.69) is 30.8 Å². The maximum atomic E-state index is 12.9. The first-order valence-electron chi connectivity index (χ1n) is 9.10. The fraction of sp³-hybridized carbons (Fsp3) is 0.238. The molecular formula is C21H19BrClN3O5. The van der Waals surface area contributed by atoms with E-state index in [9.17, 15) is 9.59 Å². The second kappa shape index (κ2) is 9.49. The van der Waals surface area contributed by atoms with Crippen molar-refractivity contribution in [2.24, 2.45) is 5.10 Å². The fourth-order valence-corrected chi connectivity index (χ4v) is 3.46. The fourth-order valence-electron chi connectivity index (χ4n) is 2.84. The van der Waals surface area contributed by atoms with E-state index >= 15 is 0 Å². The molecule has 8 nitrogen and oxygen atoms in total. The van der Waals surface area contributed by atoms with Gasteiger partial charge < -0.3 is 14.2 Å². The average molecular weight is 509 g/mol. The lowest BCUT2D eigenvalue weighted by atomic mass is 10.2. The van der Waals surface area contributed by atoms with Gasteiger partial charge in [0.15, 0.2) is 17.6 Å². The van der Waals surface area contributed by atoms with Gasteiger partial charge in [0.1, 0.15) is 5.82 Å². The first kappa shape index (κ1) is 22.8. The van der Waals surface area contributed by atoms with Gasteiger partial charge in [-0.25, -0.2) is 9.78 Å². The molecule has 3 rings (SSSR count). The van der Waals surface area contributed by atoms with Gasteiger partial charge in [0, 0.05) is 4.47 Å². The molecule has 0 N–H and O–H groups in total. The summed E-state index contributed by atoms with van der Waals surface area (Å²) in [5, 5.41) is 4.92. The molecule has 2 aromatic carbocycles. The van der Waals surface area contributed by atoms with Crippen LogP contribution in [0.1, 0.15) is 18.3 Å². The Labute approximate surface area is 191 Å². The predicted molar refractivity (Wildman–Crippen MR) is 122 cm³/mol. The highest BCUT2D eigenvalue weighted by molar-refractivity contribution is 9.10. The van der Waals surface area contributed by atoms with Crippen LogP contribution in [0.5, 0.6) is 11.5 Å². The first-order chi connectivity index (χ1) is 14.7. The minimum absolute atomic E-state index is 0.199. The van der Waals surface area contributed by atoms with Crippen LogP contribution in [0.2, 0.25) is 5.02 Å². The summed E-state index contributed by atoms with van der Waals surface area (Å²) in [7, 11) is 2.72. The van der Waals surface area contributed by atoms with E-state index in [0.29, 0.717) is 28.0 Å². The van der Waals surface area contributed by atoms with Crippen molar-refractivity contribution in [3.05, 3.63) is 61.6 Å². The molecule has 0 bridgehead atoms. The highest BCUT2D eigenvalue weighted by Crippen LogP contribution is 2.36. The number of methoxy groups -OCH3 is 2. The normalized spacial score (nSPS) is 12.2. The maximum absolute atomic E-state index is 12.9. The summed E-state index contributed by atoms with van der Waals surface area (Å²) in [6, 6.07) is 8.49. The summed E-state index contributed by atoms with van der Waals surface area (Å²) in [5.41, 5.74) is 0.841. The van der Waals surface area contributed by atoms with Crippen molar-refractivity contribution in [2.45, 2.75) is 20.0 Å². The van der Waals surface area contributed by atoms with Gasteiger partial charge in [0.2, 0.25) is 0 Å². The van der Waals surface area contributed by atoms with Crippen molar-refractivity contribution in [3.63, 3.8) is 0 Å². The Balaban J connectivity index is 1.99. The van der Waals surface area contributed by atoms with Crippen LogP contribution in [0, 0.1) is 6.92 Å². The molecule has 162 valence electrons. The van der Waals surface area contributed by atoms with Crippen molar-refractivity contribution in [1.29, 1.82) is 0 Å². The lowest BCUT2D eigenvalue weighted by Gasteiger charge is -2.16. The van der Waals surface area contributed by atoms with Gasteiger partial charge in [-0.3, -0.25) is 4.79 Å². The molecule has 0 fully saturated rings. The second-order valence-electron chi connectivity index (χ2n) is 6.50. The molecular weight excluding hydrogens is 490 g/mol. The Morgan fingerprint density at radius 2 is 2.03 bits per heavy atom. The molecule has 0 saturated heterocycles. The summed E-state index contributed by atoms with van der Waals surface area (Å²) in [6.07, 6.45) is 0.585. The molecule has 1 heterocycles. The molecule has 1 atom stereocenters. The van der Waals surface area contributed by atoms with Crippen molar-refractivity contribution < 1.29 is 19.0 Å². The number of hydrogen-bond donors (Lipinski definition) is 0. The molecule has 10 heteroatoms. The Morgan fingerprint density at radius 1 is 1.29 bits per heavy atom. The Kier molecular flexibility index (Phi) is 6.97. The maximum Gasteiger partial charge on any atom is 0.346 e. The molecule has 1 aromatic heterocycles. The third kappa shape index (κ3) is 4.88. The van der Waals surface area contributed by atoms with E-state index in [0.717, 1.165) is 4.47 Å². The van der Waals surface area contributed by atoms with Crippen LogP contribution in [0.15, 0.2) is 44.7 Å². The second-order valence-corrected chi connectivity index (χ2v) is 7.82. The zero-order valence-electron chi connectivity index (χ0n) is 17.2. The molecule has 0 spiro atoms. The Hall–Kier alpha value is -2.91. The van der Waals surface area contributed by atoms with Gasteiger partial charge >= 0.3 is 5.97 Å². The molecule has 0 amide bonds. The predicted octanol–water partition coefficient (Wildman–Crippen LogP) is 3.95. The number of hydrogen-bond acceptors (Lipinski definition) is 7. The quantitative estimate of drug-likeness (QED) is 0.370. The van der Waals surface area contributed by atoms with Crippen LogP contribution in [0.4, 0.5) is 0 Å². The largest absolute Gasteiger partial charge is 0.493 e. The van der Waals surface area contributed by atoms with E-state index < -0.39 is 12.1 Å². The number of carbonyl (C=O) groups excluding carboxylic acids is 1. The summed E-state index contributed by atoms with van der Waals surface area (Å²) < 4.78 is 17.6. The molecule has 0 aliphatic rings. The SMILES string of the molecule is COC(=O)[C@@H](C)Oc1c(Cl)cc(C=Nn2c(C)nc3ccc(Br)cc3c2=O)cc1OC. The zero-order valence-corrected chi connectivity index (χ0v) is 19.5. The minimum atomic E-state index is -0.875. The van der Waals surface area contributed by atoms with E-state index in [-0.39, 0.29) is 16.3 Å². The molecule has 0 radical (unpaired) electrons. The van der Waals surface area contributed by atoms with Crippen molar-refractivity contribution in [2.75, 3.05) is 14.2 Å². The van der Waals surface area contributed by atoms with Gasteiger partial charge in [-0.05, 0) is 49.7 Å². The highest BCUT2D eigenvalue weighted by atomic mass is 79.9. The molecule has 0 aliphatic carbocycles. The van der Waals surface area contributed by atoms with Crippen molar-refractivity contribution in [3.8, 4) is 11.5 Å². The van der Waals surface area contributed by atoms with Crippen LogP contribution in [-0.2, 0) is 9.53 Å². The number of aromatic nitrogens is 2. The van der Waals surface area contributed by atoms with Crippen LogP contribution >= 0.6 is 27.5 Å². The minimum Gasteiger partial charge on any atom is -0.493 e. The summed E-state index contributed by atoms with van der Waals surface area (Å²) >= 11 is 9.70. The number of fused-ring (bicyclic) bond motifs is 1. The number of rotatable bonds is 6. The third-order valence-corrected chi connectivity index (χ3v) is 5.15. The summed E-state index contributed by atoms with van der Waals surface area (Å²) in [5.74, 6) is 0.383. The summed E-state index contributed by atoms with van der Waals surface area (Å²) in [6.45, 7) is 3.23. The topological polar surface area (TPSA) is 92.0 Å². The van der Waals surface area contributed by atoms with Gasteiger partial charge in [0.25, 0.3) is 5.56 Å². The number of nitrogens with zero attached hydrogens (tertiary/aromatic N) is 3.